The van der Waals surface area contributed by atoms with Crippen LogP contribution in [0.4, 0.5) is 5.69 Å². The lowest BCUT2D eigenvalue weighted by atomic mass is 10.1. The lowest BCUT2D eigenvalue weighted by Gasteiger charge is -2.10. The molecule has 0 spiro atoms. The first-order chi connectivity index (χ1) is 10.6. The van der Waals surface area contributed by atoms with E-state index < -0.39 is 0 Å². The van der Waals surface area contributed by atoms with Crippen molar-refractivity contribution in [1.29, 1.82) is 0 Å². The van der Waals surface area contributed by atoms with Gasteiger partial charge in [0, 0.05) is 5.69 Å². The fourth-order valence-corrected chi connectivity index (χ4v) is 1.87. The number of ether oxygens (including phenoxy) is 1. The third-order valence-electron chi connectivity index (χ3n) is 3.20. The summed E-state index contributed by atoms with van der Waals surface area (Å²) in [6.07, 6.45) is 3.23. The zero-order valence-electron chi connectivity index (χ0n) is 12.7. The first kappa shape index (κ1) is 15.8. The van der Waals surface area contributed by atoms with E-state index in [0.29, 0.717) is 17.9 Å². The molecule has 0 atom stereocenters. The lowest BCUT2D eigenvalue weighted by Crippen LogP contribution is -2.13. The minimum Gasteiger partial charge on any atom is -0.462 e. The maximum absolute atomic E-state index is 12.0. The molecule has 0 fully saturated rings. The molecule has 0 saturated heterocycles. The highest BCUT2D eigenvalue weighted by molar-refractivity contribution is 6.03. The normalized spacial score (nSPS) is 10.3. The minimum atomic E-state index is -0.387. The lowest BCUT2D eigenvalue weighted by molar-refractivity contribution is 0.0499. The van der Waals surface area contributed by atoms with Gasteiger partial charge in [-0.25, -0.2) is 4.79 Å². The molecule has 22 heavy (non-hydrogen) atoms. The van der Waals surface area contributed by atoms with E-state index in [2.05, 4.69) is 5.32 Å². The van der Waals surface area contributed by atoms with Gasteiger partial charge in [0.2, 0.25) is 0 Å². The summed E-state index contributed by atoms with van der Waals surface area (Å²) in [6.45, 7) is 4.28. The van der Waals surface area contributed by atoms with Gasteiger partial charge in [-0.2, -0.15) is 0 Å². The van der Waals surface area contributed by atoms with E-state index in [1.807, 2.05) is 13.8 Å². The zero-order chi connectivity index (χ0) is 15.9. The van der Waals surface area contributed by atoms with Crippen LogP contribution in [0.25, 0.3) is 0 Å². The van der Waals surface area contributed by atoms with Gasteiger partial charge >= 0.3 is 5.97 Å². The van der Waals surface area contributed by atoms with Gasteiger partial charge in [-0.15, -0.1) is 0 Å². The summed E-state index contributed by atoms with van der Waals surface area (Å²) in [7, 11) is 0. The maximum Gasteiger partial charge on any atom is 0.338 e. The van der Waals surface area contributed by atoms with Gasteiger partial charge < -0.3 is 14.5 Å². The standard InChI is InChI=1S/C17H19NO4/c1-3-4-9-22-17(20)13-8-7-12(2)14(11-13)18-16(19)15-6-5-10-21-15/h5-8,10-11H,3-4,9H2,1-2H3,(H,18,19). The summed E-state index contributed by atoms with van der Waals surface area (Å²) in [5, 5.41) is 2.73. The molecule has 0 unspecified atom stereocenters. The molecular formula is C17H19NO4. The van der Waals surface area contributed by atoms with Gasteiger partial charge in [0.15, 0.2) is 5.76 Å². The van der Waals surface area contributed by atoms with E-state index in [-0.39, 0.29) is 17.6 Å². The Bertz CT molecular complexity index is 647. The van der Waals surface area contributed by atoms with Crippen molar-refractivity contribution in [3.05, 3.63) is 53.5 Å². The van der Waals surface area contributed by atoms with Gasteiger partial charge in [0.05, 0.1) is 18.4 Å². The van der Waals surface area contributed by atoms with Crippen LogP contribution < -0.4 is 5.32 Å². The summed E-state index contributed by atoms with van der Waals surface area (Å²) in [4.78, 5) is 23.9. The van der Waals surface area contributed by atoms with Crippen LogP contribution in [0.1, 0.15) is 46.2 Å². The summed E-state index contributed by atoms with van der Waals surface area (Å²) >= 11 is 0. The van der Waals surface area contributed by atoms with E-state index in [1.165, 1.54) is 6.26 Å². The topological polar surface area (TPSA) is 68.5 Å². The number of nitrogens with one attached hydrogen (secondary N) is 1. The predicted molar refractivity (Wildman–Crippen MR) is 83.0 cm³/mol. The highest BCUT2D eigenvalue weighted by Gasteiger charge is 2.13. The molecule has 116 valence electrons. The molecule has 0 bridgehead atoms. The van der Waals surface area contributed by atoms with Crippen molar-refractivity contribution in [3.8, 4) is 0 Å². The van der Waals surface area contributed by atoms with Crippen molar-refractivity contribution in [1.82, 2.24) is 0 Å². The Hall–Kier alpha value is -2.56. The fourth-order valence-electron chi connectivity index (χ4n) is 1.87. The van der Waals surface area contributed by atoms with Crippen molar-refractivity contribution in [2.45, 2.75) is 26.7 Å². The largest absolute Gasteiger partial charge is 0.462 e. The Morgan fingerprint density at radius 3 is 2.77 bits per heavy atom. The molecule has 0 saturated carbocycles. The summed E-state index contributed by atoms with van der Waals surface area (Å²) < 4.78 is 10.2. The number of rotatable bonds is 6. The Kier molecular flexibility index (Phi) is 5.36. The number of furan rings is 1. The molecule has 2 aromatic rings. The minimum absolute atomic E-state index is 0.218. The van der Waals surface area contributed by atoms with E-state index in [1.54, 1.807) is 30.3 Å². The molecule has 1 N–H and O–H groups in total. The van der Waals surface area contributed by atoms with E-state index >= 15 is 0 Å². The smallest absolute Gasteiger partial charge is 0.338 e. The number of carbonyl (C=O) groups is 2. The quantitative estimate of drug-likeness (QED) is 0.651. The molecule has 0 radical (unpaired) electrons. The first-order valence-electron chi connectivity index (χ1n) is 7.24. The van der Waals surface area contributed by atoms with E-state index in [4.69, 9.17) is 9.15 Å². The zero-order valence-corrected chi connectivity index (χ0v) is 12.7. The van der Waals surface area contributed by atoms with Gasteiger partial charge in [0.25, 0.3) is 5.91 Å². The number of carbonyl (C=O) groups excluding carboxylic acids is 2. The third kappa shape index (κ3) is 3.97. The Morgan fingerprint density at radius 1 is 1.27 bits per heavy atom. The van der Waals surface area contributed by atoms with E-state index in [9.17, 15) is 9.59 Å². The molecule has 1 amide bonds. The van der Waals surface area contributed by atoms with Crippen molar-refractivity contribution in [2.75, 3.05) is 11.9 Å². The Balaban J connectivity index is 2.09. The van der Waals surface area contributed by atoms with Crippen LogP contribution in [0.2, 0.25) is 0 Å². The second-order valence-corrected chi connectivity index (χ2v) is 4.95. The van der Waals surface area contributed by atoms with Gasteiger partial charge in [-0.05, 0) is 43.2 Å². The number of amides is 1. The van der Waals surface area contributed by atoms with Crippen molar-refractivity contribution >= 4 is 17.6 Å². The molecule has 0 aliphatic carbocycles. The van der Waals surface area contributed by atoms with Crippen molar-refractivity contribution in [3.63, 3.8) is 0 Å². The monoisotopic (exact) mass is 301 g/mol. The average molecular weight is 301 g/mol. The first-order valence-corrected chi connectivity index (χ1v) is 7.24. The van der Waals surface area contributed by atoms with Crippen LogP contribution in [-0.2, 0) is 4.74 Å². The van der Waals surface area contributed by atoms with Gasteiger partial charge in [-0.1, -0.05) is 19.4 Å². The number of anilines is 1. The van der Waals surface area contributed by atoms with Crippen LogP contribution in [0.15, 0.2) is 41.0 Å². The molecule has 2 rings (SSSR count). The summed E-state index contributed by atoms with van der Waals surface area (Å²) in [5.41, 5.74) is 1.83. The molecule has 0 aliphatic rings. The molecule has 1 aromatic heterocycles. The third-order valence-corrected chi connectivity index (χ3v) is 3.20. The maximum atomic E-state index is 12.0. The Labute approximate surface area is 129 Å². The molecule has 1 aromatic carbocycles. The Morgan fingerprint density at radius 2 is 2.09 bits per heavy atom. The van der Waals surface area contributed by atoms with Crippen LogP contribution >= 0.6 is 0 Å². The SMILES string of the molecule is CCCCOC(=O)c1ccc(C)c(NC(=O)c2ccco2)c1. The van der Waals surface area contributed by atoms with Gasteiger partial charge in [-0.3, -0.25) is 4.79 Å². The number of esters is 1. The number of aryl methyl sites for hydroxylation is 1. The number of unbranched alkanes of at least 4 members (excludes halogenated alkanes) is 1. The molecule has 5 heteroatoms. The predicted octanol–water partition coefficient (Wildman–Crippen LogP) is 3.80. The highest BCUT2D eigenvalue weighted by atomic mass is 16.5. The second kappa shape index (κ2) is 7.45. The highest BCUT2D eigenvalue weighted by Crippen LogP contribution is 2.19. The fraction of sp³-hybridized carbons (Fsp3) is 0.294. The van der Waals surface area contributed by atoms with Crippen LogP contribution in [0, 0.1) is 6.92 Å². The second-order valence-electron chi connectivity index (χ2n) is 4.95. The number of benzene rings is 1. The van der Waals surface area contributed by atoms with E-state index in [0.717, 1.165) is 18.4 Å². The van der Waals surface area contributed by atoms with Crippen molar-refractivity contribution in [2.24, 2.45) is 0 Å². The molecule has 0 aliphatic heterocycles. The summed E-state index contributed by atoms with van der Waals surface area (Å²) in [5.74, 6) is -0.526. The van der Waals surface area contributed by atoms with Crippen LogP contribution in [-0.4, -0.2) is 18.5 Å². The van der Waals surface area contributed by atoms with Crippen molar-refractivity contribution < 1.29 is 18.7 Å². The number of hydrogen-bond donors (Lipinski definition) is 1. The average Bonchev–Trinajstić information content (AvgIpc) is 3.04. The summed E-state index contributed by atoms with van der Waals surface area (Å²) in [6, 6.07) is 8.29. The molecule has 5 nitrogen and oxygen atoms in total. The van der Waals surface area contributed by atoms with Crippen LogP contribution in [0.3, 0.4) is 0 Å². The molecule has 1 heterocycles. The van der Waals surface area contributed by atoms with Crippen LogP contribution in [0.5, 0.6) is 0 Å². The number of hydrogen-bond acceptors (Lipinski definition) is 4. The van der Waals surface area contributed by atoms with Gasteiger partial charge in [0.1, 0.15) is 0 Å². The molecular weight excluding hydrogens is 282 g/mol.